The minimum absolute atomic E-state index is 0.0342. The van der Waals surface area contributed by atoms with Crippen LogP contribution in [0.3, 0.4) is 0 Å². The highest BCUT2D eigenvalue weighted by molar-refractivity contribution is 5.92. The van der Waals surface area contributed by atoms with Gasteiger partial charge in [0, 0.05) is 24.3 Å². The second-order valence-electron chi connectivity index (χ2n) is 4.83. The van der Waals surface area contributed by atoms with Crippen LogP contribution in [0.4, 0.5) is 0 Å². The molecule has 106 valence electrons. The predicted octanol–water partition coefficient (Wildman–Crippen LogP) is 2.15. The first-order valence-corrected chi connectivity index (χ1v) is 6.55. The third-order valence-corrected chi connectivity index (χ3v) is 3.02. The largest absolute Gasteiger partial charge is 0.396 e. The molecular weight excluding hydrogens is 256 g/mol. The summed E-state index contributed by atoms with van der Waals surface area (Å²) < 4.78 is 5.07. The van der Waals surface area contributed by atoms with Crippen LogP contribution >= 0.6 is 0 Å². The maximum Gasteiger partial charge on any atom is 0.290 e. The molecule has 1 heterocycles. The van der Waals surface area contributed by atoms with Crippen molar-refractivity contribution >= 4 is 5.91 Å². The van der Waals surface area contributed by atoms with Crippen LogP contribution in [-0.4, -0.2) is 28.8 Å². The minimum atomic E-state index is -0.322. The molecule has 0 bridgehead atoms. The summed E-state index contributed by atoms with van der Waals surface area (Å²) in [6, 6.07) is 9.33. The maximum absolute atomic E-state index is 11.9. The van der Waals surface area contributed by atoms with Crippen LogP contribution in [0.1, 0.15) is 29.5 Å². The van der Waals surface area contributed by atoms with E-state index in [1.54, 1.807) is 6.07 Å². The Morgan fingerprint density at radius 3 is 2.75 bits per heavy atom. The number of aliphatic hydroxyl groups is 1. The average molecular weight is 274 g/mol. The van der Waals surface area contributed by atoms with E-state index in [4.69, 9.17) is 9.63 Å². The number of aromatic nitrogens is 1. The van der Waals surface area contributed by atoms with Crippen molar-refractivity contribution in [1.29, 1.82) is 0 Å². The molecule has 2 N–H and O–H groups in total. The molecule has 0 saturated carbocycles. The van der Waals surface area contributed by atoms with E-state index in [0.29, 0.717) is 12.1 Å². The number of hydrogen-bond donors (Lipinski definition) is 2. The van der Waals surface area contributed by atoms with Crippen molar-refractivity contribution < 1.29 is 14.4 Å². The fourth-order valence-electron chi connectivity index (χ4n) is 1.80. The number of rotatable bonds is 5. The lowest BCUT2D eigenvalue weighted by molar-refractivity contribution is 0.0897. The van der Waals surface area contributed by atoms with Crippen molar-refractivity contribution in [2.24, 2.45) is 0 Å². The molecule has 1 unspecified atom stereocenters. The van der Waals surface area contributed by atoms with E-state index in [0.717, 1.165) is 11.1 Å². The summed E-state index contributed by atoms with van der Waals surface area (Å²) in [7, 11) is 0. The molecule has 0 aliphatic heterocycles. The van der Waals surface area contributed by atoms with Crippen LogP contribution in [0, 0.1) is 6.92 Å². The fourth-order valence-corrected chi connectivity index (χ4v) is 1.80. The number of aliphatic hydroxyl groups excluding tert-OH is 1. The van der Waals surface area contributed by atoms with Crippen LogP contribution in [0.2, 0.25) is 0 Å². The van der Waals surface area contributed by atoms with Gasteiger partial charge in [0.2, 0.25) is 5.76 Å². The molecule has 0 radical (unpaired) electrons. The number of nitrogens with zero attached hydrogens (tertiary/aromatic N) is 1. The highest BCUT2D eigenvalue weighted by atomic mass is 16.5. The first-order chi connectivity index (χ1) is 9.60. The number of nitrogens with one attached hydrogen (secondary N) is 1. The summed E-state index contributed by atoms with van der Waals surface area (Å²) in [5.74, 6) is -0.151. The molecule has 1 aromatic carbocycles. The van der Waals surface area contributed by atoms with E-state index in [1.807, 2.05) is 38.1 Å². The van der Waals surface area contributed by atoms with Crippen LogP contribution in [0.25, 0.3) is 11.3 Å². The van der Waals surface area contributed by atoms with Gasteiger partial charge in [0.15, 0.2) is 0 Å². The van der Waals surface area contributed by atoms with E-state index in [2.05, 4.69) is 10.5 Å². The second-order valence-corrected chi connectivity index (χ2v) is 4.83. The van der Waals surface area contributed by atoms with Crippen LogP contribution in [-0.2, 0) is 0 Å². The molecule has 5 nitrogen and oxygen atoms in total. The van der Waals surface area contributed by atoms with Gasteiger partial charge in [-0.1, -0.05) is 35.0 Å². The smallest absolute Gasteiger partial charge is 0.290 e. The van der Waals surface area contributed by atoms with Gasteiger partial charge in [-0.15, -0.1) is 0 Å². The van der Waals surface area contributed by atoms with Gasteiger partial charge in [-0.2, -0.15) is 0 Å². The Kier molecular flexibility index (Phi) is 4.53. The highest BCUT2D eigenvalue weighted by Crippen LogP contribution is 2.19. The normalized spacial score (nSPS) is 12.2. The zero-order valence-corrected chi connectivity index (χ0v) is 11.6. The standard InChI is InChI=1S/C15H18N2O3/c1-10-3-5-12(6-4-10)13-9-14(20-17-13)15(19)16-11(2)7-8-18/h3-6,9,11,18H,7-8H2,1-2H3,(H,16,19). The molecule has 2 rings (SSSR count). The van der Waals surface area contributed by atoms with Gasteiger partial charge in [-0.25, -0.2) is 0 Å². The first-order valence-electron chi connectivity index (χ1n) is 6.55. The molecule has 1 amide bonds. The van der Waals surface area contributed by atoms with Gasteiger partial charge in [-0.3, -0.25) is 4.79 Å². The van der Waals surface area contributed by atoms with Crippen LogP contribution < -0.4 is 5.32 Å². The van der Waals surface area contributed by atoms with Crippen molar-refractivity contribution in [1.82, 2.24) is 10.5 Å². The van der Waals surface area contributed by atoms with Gasteiger partial charge in [0.05, 0.1) is 0 Å². The summed E-state index contributed by atoms with van der Waals surface area (Å²) in [6.07, 6.45) is 0.505. The van der Waals surface area contributed by atoms with Crippen molar-refractivity contribution in [3.8, 4) is 11.3 Å². The van der Waals surface area contributed by atoms with E-state index in [9.17, 15) is 4.79 Å². The Morgan fingerprint density at radius 2 is 2.10 bits per heavy atom. The van der Waals surface area contributed by atoms with Gasteiger partial charge in [0.25, 0.3) is 5.91 Å². The van der Waals surface area contributed by atoms with E-state index in [1.165, 1.54) is 0 Å². The Balaban J connectivity index is 2.08. The number of hydrogen-bond acceptors (Lipinski definition) is 4. The summed E-state index contributed by atoms with van der Waals surface area (Å²) in [6.45, 7) is 3.87. The Morgan fingerprint density at radius 1 is 1.40 bits per heavy atom. The van der Waals surface area contributed by atoms with Crippen molar-refractivity contribution in [2.45, 2.75) is 26.3 Å². The number of carbonyl (C=O) groups excluding carboxylic acids is 1. The Bertz CT molecular complexity index is 575. The molecular formula is C15H18N2O3. The van der Waals surface area contributed by atoms with Gasteiger partial charge in [0.1, 0.15) is 5.69 Å². The Hall–Kier alpha value is -2.14. The molecule has 1 atom stereocenters. The number of carbonyl (C=O) groups is 1. The van der Waals surface area contributed by atoms with E-state index >= 15 is 0 Å². The van der Waals surface area contributed by atoms with Gasteiger partial charge in [-0.05, 0) is 20.3 Å². The summed E-state index contributed by atoms with van der Waals surface area (Å²) in [5.41, 5.74) is 2.69. The summed E-state index contributed by atoms with van der Waals surface area (Å²) in [5, 5.41) is 15.5. The van der Waals surface area contributed by atoms with Gasteiger partial charge < -0.3 is 14.9 Å². The molecule has 5 heteroatoms. The van der Waals surface area contributed by atoms with E-state index in [-0.39, 0.29) is 24.3 Å². The minimum Gasteiger partial charge on any atom is -0.396 e. The molecule has 0 fully saturated rings. The topological polar surface area (TPSA) is 75.4 Å². The molecule has 0 saturated heterocycles. The summed E-state index contributed by atoms with van der Waals surface area (Å²) in [4.78, 5) is 11.9. The molecule has 0 aliphatic carbocycles. The van der Waals surface area contributed by atoms with E-state index < -0.39 is 0 Å². The monoisotopic (exact) mass is 274 g/mol. The highest BCUT2D eigenvalue weighted by Gasteiger charge is 2.15. The van der Waals surface area contributed by atoms with Crippen LogP contribution in [0.5, 0.6) is 0 Å². The first kappa shape index (κ1) is 14.3. The molecule has 0 aliphatic rings. The van der Waals surface area contributed by atoms with Crippen LogP contribution in [0.15, 0.2) is 34.9 Å². The third-order valence-electron chi connectivity index (χ3n) is 3.02. The third kappa shape index (κ3) is 3.45. The molecule has 2 aromatic rings. The summed E-state index contributed by atoms with van der Waals surface area (Å²) >= 11 is 0. The molecule has 1 aromatic heterocycles. The average Bonchev–Trinajstić information content (AvgIpc) is 2.89. The lowest BCUT2D eigenvalue weighted by atomic mass is 10.1. The number of benzene rings is 1. The second kappa shape index (κ2) is 6.34. The molecule has 0 spiro atoms. The zero-order valence-electron chi connectivity index (χ0n) is 11.6. The number of amides is 1. The van der Waals surface area contributed by atoms with Crippen molar-refractivity contribution in [2.75, 3.05) is 6.61 Å². The Labute approximate surface area is 117 Å². The zero-order chi connectivity index (χ0) is 14.5. The fraction of sp³-hybridized carbons (Fsp3) is 0.333. The maximum atomic E-state index is 11.9. The van der Waals surface area contributed by atoms with Crippen molar-refractivity contribution in [3.05, 3.63) is 41.7 Å². The predicted molar refractivity (Wildman–Crippen MR) is 75.3 cm³/mol. The quantitative estimate of drug-likeness (QED) is 0.876. The lowest BCUT2D eigenvalue weighted by Crippen LogP contribution is -2.32. The SMILES string of the molecule is Cc1ccc(-c2cc(C(=O)NC(C)CCO)on2)cc1. The molecule has 20 heavy (non-hydrogen) atoms. The van der Waals surface area contributed by atoms with Crippen molar-refractivity contribution in [3.63, 3.8) is 0 Å². The lowest BCUT2D eigenvalue weighted by Gasteiger charge is -2.09. The van der Waals surface area contributed by atoms with Gasteiger partial charge >= 0.3 is 0 Å². The number of aryl methyl sites for hydroxylation is 1.